The Labute approximate surface area is 193 Å². The highest BCUT2D eigenvalue weighted by Gasteiger charge is 2.31. The first-order valence-electron chi connectivity index (χ1n) is 9.91. The van der Waals surface area contributed by atoms with E-state index in [1.807, 2.05) is 49.4 Å². The minimum Gasteiger partial charge on any atom is -0.482 e. The Morgan fingerprint density at radius 2 is 1.70 bits per heavy atom. The molecule has 4 nitrogen and oxygen atoms in total. The summed E-state index contributed by atoms with van der Waals surface area (Å²) in [6.45, 7) is 1.49. The van der Waals surface area contributed by atoms with Crippen molar-refractivity contribution >= 4 is 23.3 Å². The Bertz CT molecular complexity index is 1130. The van der Waals surface area contributed by atoms with Crippen molar-refractivity contribution < 1.29 is 32.5 Å². The van der Waals surface area contributed by atoms with E-state index >= 15 is 0 Å². The number of aryl methyl sites for hydroxylation is 1. The van der Waals surface area contributed by atoms with Crippen LogP contribution in [0.5, 0.6) is 11.5 Å². The second-order valence-electron chi connectivity index (χ2n) is 6.98. The lowest BCUT2D eigenvalue weighted by Crippen LogP contribution is -2.17. The number of carboxylic acid groups (broad SMARTS) is 1. The summed E-state index contributed by atoms with van der Waals surface area (Å²) in [6, 6.07) is 20.6. The molecule has 0 aliphatic rings. The average molecular weight is 475 g/mol. The minimum absolute atomic E-state index is 0.276. The number of carboxylic acids is 1. The molecular formula is C25H21F3O4S. The maximum atomic E-state index is 12.7. The van der Waals surface area contributed by atoms with E-state index in [1.165, 1.54) is 18.2 Å². The normalized spacial score (nSPS) is 11.8. The smallest absolute Gasteiger partial charge is 0.482 e. The number of hydrogen-bond acceptors (Lipinski definition) is 4. The number of halogens is 3. The summed E-state index contributed by atoms with van der Waals surface area (Å²) in [5.41, 5.74) is 3.20. The Morgan fingerprint density at radius 1 is 0.970 bits per heavy atom. The predicted molar refractivity (Wildman–Crippen MR) is 122 cm³/mol. The van der Waals surface area contributed by atoms with Crippen molar-refractivity contribution in [2.75, 3.05) is 12.4 Å². The van der Waals surface area contributed by atoms with E-state index in [0.29, 0.717) is 17.1 Å². The summed E-state index contributed by atoms with van der Waals surface area (Å²) in [4.78, 5) is 11.6. The molecular weight excluding hydrogens is 453 g/mol. The number of ether oxygens (including phenoxy) is 2. The monoisotopic (exact) mass is 474 g/mol. The zero-order chi connectivity index (χ0) is 23.8. The molecule has 3 rings (SSSR count). The van der Waals surface area contributed by atoms with E-state index in [1.54, 1.807) is 30.0 Å². The second kappa shape index (κ2) is 11.0. The predicted octanol–water partition coefficient (Wildman–Crippen LogP) is 6.58. The molecule has 3 aromatic rings. The Hall–Kier alpha value is -3.39. The van der Waals surface area contributed by atoms with E-state index < -0.39 is 18.9 Å². The van der Waals surface area contributed by atoms with Crippen molar-refractivity contribution in [3.05, 3.63) is 95.6 Å². The van der Waals surface area contributed by atoms with Gasteiger partial charge in [-0.15, -0.1) is 24.9 Å². The van der Waals surface area contributed by atoms with Crippen LogP contribution in [-0.2, 0) is 4.79 Å². The minimum atomic E-state index is -4.76. The van der Waals surface area contributed by atoms with Crippen LogP contribution >= 0.6 is 11.8 Å². The highest BCUT2D eigenvalue weighted by Crippen LogP contribution is 2.31. The summed E-state index contributed by atoms with van der Waals surface area (Å²) in [6.07, 6.45) is -2.80. The number of rotatable bonds is 9. The van der Waals surface area contributed by atoms with Crippen LogP contribution in [0, 0.1) is 6.92 Å². The third kappa shape index (κ3) is 7.61. The molecule has 1 N–H and O–H groups in total. The van der Waals surface area contributed by atoms with Gasteiger partial charge in [0.1, 0.15) is 11.5 Å². The first-order valence-corrected chi connectivity index (χ1v) is 10.9. The van der Waals surface area contributed by atoms with Gasteiger partial charge in [0.2, 0.25) is 0 Å². The fourth-order valence-corrected chi connectivity index (χ4v) is 3.99. The number of thioether (sulfide) groups is 1. The van der Waals surface area contributed by atoms with Crippen LogP contribution in [0.3, 0.4) is 0 Å². The quantitative estimate of drug-likeness (QED) is 0.355. The first-order chi connectivity index (χ1) is 15.7. The van der Waals surface area contributed by atoms with Gasteiger partial charge >= 0.3 is 12.3 Å². The van der Waals surface area contributed by atoms with Gasteiger partial charge in [0.15, 0.2) is 6.61 Å². The molecule has 0 amide bonds. The van der Waals surface area contributed by atoms with E-state index in [4.69, 9.17) is 9.84 Å². The number of hydrogen-bond donors (Lipinski definition) is 1. The zero-order valence-electron chi connectivity index (χ0n) is 17.6. The molecule has 0 aliphatic carbocycles. The van der Waals surface area contributed by atoms with Gasteiger partial charge < -0.3 is 14.6 Å². The van der Waals surface area contributed by atoms with Crippen LogP contribution in [0.15, 0.2) is 83.8 Å². The Morgan fingerprint density at radius 3 is 2.36 bits per heavy atom. The molecule has 0 radical (unpaired) electrons. The van der Waals surface area contributed by atoms with Gasteiger partial charge in [0.05, 0.1) is 0 Å². The zero-order valence-corrected chi connectivity index (χ0v) is 18.5. The van der Waals surface area contributed by atoms with Crippen molar-refractivity contribution in [1.29, 1.82) is 0 Å². The molecule has 0 aliphatic heterocycles. The molecule has 172 valence electrons. The Kier molecular flexibility index (Phi) is 8.06. The lowest BCUT2D eigenvalue weighted by atomic mass is 9.98. The number of alkyl halides is 3. The van der Waals surface area contributed by atoms with Crippen LogP contribution in [0.1, 0.15) is 16.7 Å². The van der Waals surface area contributed by atoms with E-state index in [9.17, 15) is 18.0 Å². The molecule has 0 fully saturated rings. The number of carbonyl (C=O) groups is 1. The van der Waals surface area contributed by atoms with Crippen molar-refractivity contribution in [2.45, 2.75) is 18.2 Å². The summed E-state index contributed by atoms with van der Waals surface area (Å²) in [7, 11) is 0. The van der Waals surface area contributed by atoms with Gasteiger partial charge in [-0.3, -0.25) is 0 Å². The van der Waals surface area contributed by atoms with Gasteiger partial charge in [-0.25, -0.2) is 4.79 Å². The highest BCUT2D eigenvalue weighted by atomic mass is 32.2. The van der Waals surface area contributed by atoms with Gasteiger partial charge in [0.25, 0.3) is 0 Å². The van der Waals surface area contributed by atoms with Gasteiger partial charge in [-0.2, -0.15) is 0 Å². The fourth-order valence-electron chi connectivity index (χ4n) is 3.11. The SMILES string of the molecule is Cc1cc(OCC(=O)O)ccc1SCC=C(c1ccccc1)c1cccc(OC(F)(F)F)c1. The lowest BCUT2D eigenvalue weighted by Gasteiger charge is -2.13. The summed E-state index contributed by atoms with van der Waals surface area (Å²) < 4.78 is 47.3. The van der Waals surface area contributed by atoms with E-state index in [-0.39, 0.29) is 5.75 Å². The Balaban J connectivity index is 1.81. The van der Waals surface area contributed by atoms with Crippen LogP contribution < -0.4 is 9.47 Å². The molecule has 0 aromatic heterocycles. The van der Waals surface area contributed by atoms with Crippen LogP contribution in [0.4, 0.5) is 13.2 Å². The van der Waals surface area contributed by atoms with Crippen molar-refractivity contribution in [3.63, 3.8) is 0 Å². The van der Waals surface area contributed by atoms with Crippen LogP contribution in [0.25, 0.3) is 5.57 Å². The van der Waals surface area contributed by atoms with E-state index in [0.717, 1.165) is 21.6 Å². The van der Waals surface area contributed by atoms with Gasteiger partial charge in [-0.1, -0.05) is 48.5 Å². The van der Waals surface area contributed by atoms with Crippen molar-refractivity contribution in [2.24, 2.45) is 0 Å². The lowest BCUT2D eigenvalue weighted by molar-refractivity contribution is -0.274. The van der Waals surface area contributed by atoms with Crippen molar-refractivity contribution in [1.82, 2.24) is 0 Å². The third-order valence-electron chi connectivity index (χ3n) is 4.50. The molecule has 33 heavy (non-hydrogen) atoms. The molecule has 8 heteroatoms. The second-order valence-corrected chi connectivity index (χ2v) is 8.04. The summed E-state index contributed by atoms with van der Waals surface area (Å²) in [5.74, 6) is -0.289. The standard InChI is InChI=1S/C25H21F3O4S/c1-17-14-20(31-16-24(29)30)10-11-23(17)33-13-12-22(18-6-3-2-4-7-18)19-8-5-9-21(15-19)32-25(26,27)28/h2-12,14-15H,13,16H2,1H3,(H,29,30). The molecule has 0 atom stereocenters. The van der Waals surface area contributed by atoms with Gasteiger partial charge in [-0.05, 0) is 59.5 Å². The summed E-state index contributed by atoms with van der Waals surface area (Å²) in [5, 5.41) is 8.73. The van der Waals surface area contributed by atoms with Crippen LogP contribution in [0.2, 0.25) is 0 Å². The molecule has 0 saturated heterocycles. The highest BCUT2D eigenvalue weighted by molar-refractivity contribution is 7.99. The molecule has 0 unspecified atom stereocenters. The maximum absolute atomic E-state index is 12.7. The number of aliphatic carboxylic acids is 1. The number of benzene rings is 3. The fraction of sp³-hybridized carbons (Fsp3) is 0.160. The largest absolute Gasteiger partial charge is 0.573 e. The molecule has 0 saturated carbocycles. The maximum Gasteiger partial charge on any atom is 0.573 e. The summed E-state index contributed by atoms with van der Waals surface area (Å²) >= 11 is 1.55. The molecule has 3 aromatic carbocycles. The topological polar surface area (TPSA) is 55.8 Å². The average Bonchev–Trinajstić information content (AvgIpc) is 2.76. The van der Waals surface area contributed by atoms with E-state index in [2.05, 4.69) is 4.74 Å². The molecule has 0 bridgehead atoms. The van der Waals surface area contributed by atoms with Crippen LogP contribution in [-0.4, -0.2) is 29.8 Å². The molecule has 0 spiro atoms. The molecule has 0 heterocycles. The van der Waals surface area contributed by atoms with Gasteiger partial charge in [0, 0.05) is 10.6 Å². The van der Waals surface area contributed by atoms with Crippen molar-refractivity contribution in [3.8, 4) is 11.5 Å². The first kappa shape index (κ1) is 24.3. The third-order valence-corrected chi connectivity index (χ3v) is 5.60.